The summed E-state index contributed by atoms with van der Waals surface area (Å²) in [5.74, 6) is -0.579. The second-order valence-corrected chi connectivity index (χ2v) is 4.16. The molecule has 1 N–H and O–H groups in total. The Labute approximate surface area is 107 Å². The first-order valence-corrected chi connectivity index (χ1v) is 5.70. The van der Waals surface area contributed by atoms with Crippen LogP contribution in [0.4, 0.5) is 13.2 Å². The third-order valence-electron chi connectivity index (χ3n) is 2.77. The normalized spacial score (nSPS) is 11.8. The van der Waals surface area contributed by atoms with E-state index in [0.29, 0.717) is 5.39 Å². The number of aromatic nitrogens is 1. The van der Waals surface area contributed by atoms with Crippen molar-refractivity contribution in [2.45, 2.75) is 20.0 Å². The molecule has 0 amide bonds. The van der Waals surface area contributed by atoms with Crippen molar-refractivity contribution in [3.05, 3.63) is 35.0 Å². The van der Waals surface area contributed by atoms with E-state index in [1.54, 1.807) is 6.92 Å². The second kappa shape index (κ2) is 4.60. The van der Waals surface area contributed by atoms with Gasteiger partial charge < -0.3 is 9.72 Å². The second-order valence-electron chi connectivity index (χ2n) is 4.16. The Morgan fingerprint density at radius 1 is 1.32 bits per heavy atom. The van der Waals surface area contributed by atoms with Crippen molar-refractivity contribution in [1.29, 1.82) is 0 Å². The molecule has 102 valence electrons. The molecule has 0 spiro atoms. The molecule has 0 aliphatic rings. The summed E-state index contributed by atoms with van der Waals surface area (Å²) in [7, 11) is 0. The Morgan fingerprint density at radius 3 is 2.58 bits per heavy atom. The smallest absolute Gasteiger partial charge is 0.416 e. The van der Waals surface area contributed by atoms with Gasteiger partial charge in [0, 0.05) is 10.9 Å². The van der Waals surface area contributed by atoms with Crippen LogP contribution in [0.2, 0.25) is 0 Å². The van der Waals surface area contributed by atoms with E-state index in [1.165, 1.54) is 19.1 Å². The third kappa shape index (κ3) is 2.57. The summed E-state index contributed by atoms with van der Waals surface area (Å²) < 4.78 is 43.1. The predicted molar refractivity (Wildman–Crippen MR) is 64.0 cm³/mol. The third-order valence-corrected chi connectivity index (χ3v) is 2.77. The van der Waals surface area contributed by atoms with Crippen molar-refractivity contribution < 1.29 is 22.7 Å². The van der Waals surface area contributed by atoms with Crippen LogP contribution in [0.15, 0.2) is 18.2 Å². The number of carbonyl (C=O) groups excluding carboxylic acids is 1. The topological polar surface area (TPSA) is 42.1 Å². The Balaban J connectivity index is 2.52. The van der Waals surface area contributed by atoms with Gasteiger partial charge in [-0.2, -0.15) is 13.2 Å². The maximum Gasteiger partial charge on any atom is 0.416 e. The van der Waals surface area contributed by atoms with Crippen molar-refractivity contribution in [1.82, 2.24) is 4.98 Å². The maximum atomic E-state index is 12.8. The standard InChI is InChI=1S/C13H12F3NO2/c1-3-19-12(18)11-5-8-4-7(2)9(13(14,15)16)6-10(8)17-11/h4-6,17H,3H2,1-2H3. The molecule has 0 aliphatic carbocycles. The van der Waals surface area contributed by atoms with Crippen LogP contribution in [0, 0.1) is 6.92 Å². The van der Waals surface area contributed by atoms with Gasteiger partial charge in [-0.05, 0) is 37.6 Å². The molecule has 1 heterocycles. The summed E-state index contributed by atoms with van der Waals surface area (Å²) in [6.45, 7) is 3.26. The number of aryl methyl sites for hydroxylation is 1. The number of ether oxygens (including phenoxy) is 1. The summed E-state index contributed by atoms with van der Waals surface area (Å²) in [4.78, 5) is 14.2. The van der Waals surface area contributed by atoms with E-state index in [-0.39, 0.29) is 23.4 Å². The maximum absolute atomic E-state index is 12.8. The summed E-state index contributed by atoms with van der Waals surface area (Å²) in [5, 5.41) is 0.550. The molecule has 6 heteroatoms. The molecule has 2 rings (SSSR count). The lowest BCUT2D eigenvalue weighted by atomic mass is 10.1. The quantitative estimate of drug-likeness (QED) is 0.847. The highest BCUT2D eigenvalue weighted by molar-refractivity contribution is 5.95. The zero-order valence-electron chi connectivity index (χ0n) is 10.4. The van der Waals surface area contributed by atoms with Crippen molar-refractivity contribution in [2.24, 2.45) is 0 Å². The van der Waals surface area contributed by atoms with Gasteiger partial charge in [-0.25, -0.2) is 4.79 Å². The van der Waals surface area contributed by atoms with Gasteiger partial charge in [-0.15, -0.1) is 0 Å². The van der Waals surface area contributed by atoms with Gasteiger partial charge in [0.25, 0.3) is 0 Å². The largest absolute Gasteiger partial charge is 0.461 e. The molecule has 19 heavy (non-hydrogen) atoms. The van der Waals surface area contributed by atoms with Crippen LogP contribution >= 0.6 is 0 Å². The van der Waals surface area contributed by atoms with Crippen LogP contribution in [-0.2, 0) is 10.9 Å². The van der Waals surface area contributed by atoms with Crippen molar-refractivity contribution >= 4 is 16.9 Å². The van der Waals surface area contributed by atoms with Gasteiger partial charge in [0.2, 0.25) is 0 Å². The van der Waals surface area contributed by atoms with Crippen LogP contribution in [0.25, 0.3) is 10.9 Å². The molecule has 0 atom stereocenters. The number of fused-ring (bicyclic) bond motifs is 1. The molecule has 1 aromatic heterocycles. The summed E-state index contributed by atoms with van der Waals surface area (Å²) >= 11 is 0. The Morgan fingerprint density at radius 2 is 2.00 bits per heavy atom. The van der Waals surface area contributed by atoms with Crippen LogP contribution < -0.4 is 0 Å². The van der Waals surface area contributed by atoms with Gasteiger partial charge in [-0.3, -0.25) is 0 Å². The minimum Gasteiger partial charge on any atom is -0.461 e. The zero-order valence-corrected chi connectivity index (χ0v) is 10.4. The first-order valence-electron chi connectivity index (χ1n) is 5.70. The van der Waals surface area contributed by atoms with E-state index in [0.717, 1.165) is 6.07 Å². The number of alkyl halides is 3. The SMILES string of the molecule is CCOC(=O)c1cc2cc(C)c(C(F)(F)F)cc2[nH]1. The van der Waals surface area contributed by atoms with Crippen LogP contribution in [-0.4, -0.2) is 17.6 Å². The minimum absolute atomic E-state index is 0.120. The van der Waals surface area contributed by atoms with Gasteiger partial charge in [0.15, 0.2) is 0 Å². The number of benzene rings is 1. The Hall–Kier alpha value is -1.98. The number of H-pyrrole nitrogens is 1. The highest BCUT2D eigenvalue weighted by Gasteiger charge is 2.32. The molecule has 0 saturated carbocycles. The van der Waals surface area contributed by atoms with Crippen LogP contribution in [0.1, 0.15) is 28.5 Å². The molecular formula is C13H12F3NO2. The number of rotatable bonds is 2. The summed E-state index contributed by atoms with van der Waals surface area (Å²) in [6.07, 6.45) is -4.41. The number of hydrogen-bond acceptors (Lipinski definition) is 2. The molecule has 0 unspecified atom stereocenters. The average Bonchev–Trinajstić information content (AvgIpc) is 2.69. The Kier molecular flexibility index (Phi) is 3.26. The van der Waals surface area contributed by atoms with E-state index in [4.69, 9.17) is 4.74 Å². The lowest BCUT2D eigenvalue weighted by Crippen LogP contribution is -2.07. The highest BCUT2D eigenvalue weighted by Crippen LogP contribution is 2.34. The first kappa shape index (κ1) is 13.5. The number of halogens is 3. The fraction of sp³-hybridized carbons (Fsp3) is 0.308. The van der Waals surface area contributed by atoms with Crippen LogP contribution in [0.3, 0.4) is 0 Å². The van der Waals surface area contributed by atoms with E-state index < -0.39 is 17.7 Å². The lowest BCUT2D eigenvalue weighted by Gasteiger charge is -2.09. The molecule has 2 aromatic rings. The lowest BCUT2D eigenvalue weighted by molar-refractivity contribution is -0.137. The zero-order chi connectivity index (χ0) is 14.2. The molecule has 0 saturated heterocycles. The van der Waals surface area contributed by atoms with Crippen molar-refractivity contribution in [3.63, 3.8) is 0 Å². The average molecular weight is 271 g/mol. The van der Waals surface area contributed by atoms with E-state index >= 15 is 0 Å². The molecule has 0 fully saturated rings. The molecule has 3 nitrogen and oxygen atoms in total. The highest BCUT2D eigenvalue weighted by atomic mass is 19.4. The molecule has 0 radical (unpaired) electrons. The van der Waals surface area contributed by atoms with Gasteiger partial charge in [0.1, 0.15) is 5.69 Å². The minimum atomic E-state index is -4.41. The van der Waals surface area contributed by atoms with Gasteiger partial charge in [0.05, 0.1) is 12.2 Å². The fourth-order valence-corrected chi connectivity index (χ4v) is 1.92. The predicted octanol–water partition coefficient (Wildman–Crippen LogP) is 3.67. The molecular weight excluding hydrogens is 259 g/mol. The number of esters is 1. The monoisotopic (exact) mass is 271 g/mol. The number of aromatic amines is 1. The van der Waals surface area contributed by atoms with E-state index in [9.17, 15) is 18.0 Å². The number of carbonyl (C=O) groups is 1. The number of nitrogens with one attached hydrogen (secondary N) is 1. The van der Waals surface area contributed by atoms with Crippen LogP contribution in [0.5, 0.6) is 0 Å². The number of hydrogen-bond donors (Lipinski definition) is 1. The molecule has 1 aromatic carbocycles. The van der Waals surface area contributed by atoms with Gasteiger partial charge >= 0.3 is 12.1 Å². The molecule has 0 aliphatic heterocycles. The fourth-order valence-electron chi connectivity index (χ4n) is 1.92. The van der Waals surface area contributed by atoms with Crippen molar-refractivity contribution in [3.8, 4) is 0 Å². The van der Waals surface area contributed by atoms with Crippen molar-refractivity contribution in [2.75, 3.05) is 6.61 Å². The van der Waals surface area contributed by atoms with E-state index in [1.807, 2.05) is 0 Å². The van der Waals surface area contributed by atoms with E-state index in [2.05, 4.69) is 4.98 Å². The Bertz CT molecular complexity index is 629. The summed E-state index contributed by atoms with van der Waals surface area (Å²) in [5.41, 5.74) is -0.178. The van der Waals surface area contributed by atoms with Gasteiger partial charge in [-0.1, -0.05) is 0 Å². The first-order chi connectivity index (χ1) is 8.82. The molecule has 0 bridgehead atoms. The summed E-state index contributed by atoms with van der Waals surface area (Å²) in [6, 6.07) is 3.89.